The smallest absolute Gasteiger partial charge is 0.0649 e. The van der Waals surface area contributed by atoms with Crippen LogP contribution < -0.4 is 5.32 Å². The topological polar surface area (TPSA) is 29.9 Å². The fourth-order valence-electron chi connectivity index (χ4n) is 2.73. The number of aryl methyl sites for hydroxylation is 1. The van der Waals surface area contributed by atoms with Gasteiger partial charge in [0.15, 0.2) is 0 Å². The lowest BCUT2D eigenvalue weighted by Crippen LogP contribution is -2.18. The van der Waals surface area contributed by atoms with E-state index >= 15 is 0 Å². The van der Waals surface area contributed by atoms with Crippen molar-refractivity contribution < 1.29 is 0 Å². The molecule has 0 amide bonds. The molecule has 1 aliphatic rings. The van der Waals surface area contributed by atoms with Crippen LogP contribution in [0.15, 0.2) is 24.3 Å². The van der Waals surface area contributed by atoms with Crippen LogP contribution in [0.5, 0.6) is 0 Å². The lowest BCUT2D eigenvalue weighted by atomic mass is 10.1. The van der Waals surface area contributed by atoms with Crippen LogP contribution in [-0.2, 0) is 6.42 Å². The third-order valence-corrected chi connectivity index (χ3v) is 4.38. The van der Waals surface area contributed by atoms with E-state index in [4.69, 9.17) is 11.6 Å². The summed E-state index contributed by atoms with van der Waals surface area (Å²) in [5, 5.41) is 9.01. The molecular formula is C17H22ClN3. The largest absolute Gasteiger partial charge is 0.314 e. The molecule has 1 fully saturated rings. The van der Waals surface area contributed by atoms with Crippen LogP contribution in [0.3, 0.4) is 0 Å². The van der Waals surface area contributed by atoms with Gasteiger partial charge in [-0.25, -0.2) is 4.68 Å². The maximum absolute atomic E-state index is 5.95. The first-order chi connectivity index (χ1) is 10.1. The van der Waals surface area contributed by atoms with Crippen molar-refractivity contribution in [1.29, 1.82) is 0 Å². The summed E-state index contributed by atoms with van der Waals surface area (Å²) in [5.41, 5.74) is 4.82. The Hall–Kier alpha value is -1.32. The van der Waals surface area contributed by atoms with E-state index in [0.29, 0.717) is 0 Å². The van der Waals surface area contributed by atoms with Gasteiger partial charge in [0.2, 0.25) is 0 Å². The zero-order chi connectivity index (χ0) is 14.8. The highest BCUT2D eigenvalue weighted by atomic mass is 35.5. The Morgan fingerprint density at radius 2 is 1.95 bits per heavy atom. The van der Waals surface area contributed by atoms with Gasteiger partial charge in [-0.1, -0.05) is 11.6 Å². The van der Waals surface area contributed by atoms with E-state index in [9.17, 15) is 0 Å². The SMILES string of the molecule is Cc1nn(-c2ccc(Cl)cc2)c(C)c1CCCNC1CC1. The van der Waals surface area contributed by atoms with E-state index in [1.807, 2.05) is 28.9 Å². The van der Waals surface area contributed by atoms with Gasteiger partial charge in [0.1, 0.15) is 0 Å². The second kappa shape index (κ2) is 6.20. The van der Waals surface area contributed by atoms with Gasteiger partial charge < -0.3 is 5.32 Å². The van der Waals surface area contributed by atoms with Crippen LogP contribution in [-0.4, -0.2) is 22.4 Å². The molecule has 3 rings (SSSR count). The van der Waals surface area contributed by atoms with E-state index in [0.717, 1.165) is 35.4 Å². The van der Waals surface area contributed by atoms with E-state index in [-0.39, 0.29) is 0 Å². The highest BCUT2D eigenvalue weighted by Gasteiger charge is 2.19. The van der Waals surface area contributed by atoms with Crippen LogP contribution in [0.1, 0.15) is 36.2 Å². The van der Waals surface area contributed by atoms with E-state index < -0.39 is 0 Å². The molecule has 1 aromatic heterocycles. The maximum Gasteiger partial charge on any atom is 0.0649 e. The van der Waals surface area contributed by atoms with Crippen LogP contribution >= 0.6 is 11.6 Å². The summed E-state index contributed by atoms with van der Waals surface area (Å²) >= 11 is 5.95. The fraction of sp³-hybridized carbons (Fsp3) is 0.471. The van der Waals surface area contributed by atoms with Crippen molar-refractivity contribution in [1.82, 2.24) is 15.1 Å². The summed E-state index contributed by atoms with van der Waals surface area (Å²) in [7, 11) is 0. The molecule has 1 saturated carbocycles. The summed E-state index contributed by atoms with van der Waals surface area (Å²) in [5.74, 6) is 0. The molecule has 4 heteroatoms. The normalized spacial score (nSPS) is 14.6. The number of benzene rings is 1. The lowest BCUT2D eigenvalue weighted by molar-refractivity contribution is 0.644. The lowest BCUT2D eigenvalue weighted by Gasteiger charge is -2.06. The highest BCUT2D eigenvalue weighted by Crippen LogP contribution is 2.21. The number of aromatic nitrogens is 2. The highest BCUT2D eigenvalue weighted by molar-refractivity contribution is 6.30. The van der Waals surface area contributed by atoms with E-state index in [1.165, 1.54) is 30.5 Å². The van der Waals surface area contributed by atoms with Gasteiger partial charge >= 0.3 is 0 Å². The van der Waals surface area contributed by atoms with Crippen molar-refractivity contribution in [3.63, 3.8) is 0 Å². The molecule has 0 radical (unpaired) electrons. The van der Waals surface area contributed by atoms with Crippen LogP contribution in [0.25, 0.3) is 5.69 Å². The average molecular weight is 304 g/mol. The van der Waals surface area contributed by atoms with Crippen molar-refractivity contribution in [2.75, 3.05) is 6.54 Å². The van der Waals surface area contributed by atoms with Crippen molar-refractivity contribution >= 4 is 11.6 Å². The third kappa shape index (κ3) is 3.47. The number of hydrogen-bond acceptors (Lipinski definition) is 2. The molecule has 1 aromatic carbocycles. The van der Waals surface area contributed by atoms with Crippen LogP contribution in [0.2, 0.25) is 5.02 Å². The molecule has 112 valence electrons. The molecule has 21 heavy (non-hydrogen) atoms. The third-order valence-electron chi connectivity index (χ3n) is 4.13. The molecule has 0 bridgehead atoms. The Balaban J connectivity index is 1.70. The van der Waals surface area contributed by atoms with E-state index in [1.54, 1.807) is 0 Å². The minimum atomic E-state index is 0.756. The van der Waals surface area contributed by atoms with Crippen molar-refractivity contribution in [3.05, 3.63) is 46.2 Å². The second-order valence-electron chi connectivity index (χ2n) is 5.87. The number of rotatable bonds is 6. The van der Waals surface area contributed by atoms with Gasteiger partial charge in [-0.05, 0) is 75.9 Å². The molecule has 1 aliphatic carbocycles. The summed E-state index contributed by atoms with van der Waals surface area (Å²) in [4.78, 5) is 0. The fourth-order valence-corrected chi connectivity index (χ4v) is 2.86. The van der Waals surface area contributed by atoms with Gasteiger partial charge in [-0.3, -0.25) is 0 Å². The monoisotopic (exact) mass is 303 g/mol. The molecule has 0 aliphatic heterocycles. The summed E-state index contributed by atoms with van der Waals surface area (Å²) < 4.78 is 2.02. The summed E-state index contributed by atoms with van der Waals surface area (Å²) in [6.07, 6.45) is 4.97. The first kappa shape index (κ1) is 14.6. The molecular weight excluding hydrogens is 282 g/mol. The first-order valence-electron chi connectivity index (χ1n) is 7.69. The van der Waals surface area contributed by atoms with Crippen molar-refractivity contribution in [3.8, 4) is 5.69 Å². The average Bonchev–Trinajstić information content (AvgIpc) is 3.25. The Morgan fingerprint density at radius 3 is 2.62 bits per heavy atom. The van der Waals surface area contributed by atoms with Gasteiger partial charge in [-0.2, -0.15) is 5.10 Å². The molecule has 1 N–H and O–H groups in total. The molecule has 3 nitrogen and oxygen atoms in total. The minimum Gasteiger partial charge on any atom is -0.314 e. The molecule has 2 aromatic rings. The molecule has 0 atom stereocenters. The predicted octanol–water partition coefficient (Wildman–Crippen LogP) is 3.83. The molecule has 0 unspecified atom stereocenters. The molecule has 1 heterocycles. The zero-order valence-electron chi connectivity index (χ0n) is 12.7. The Morgan fingerprint density at radius 1 is 1.24 bits per heavy atom. The maximum atomic E-state index is 5.95. The predicted molar refractivity (Wildman–Crippen MR) is 87.4 cm³/mol. The van der Waals surface area contributed by atoms with Crippen LogP contribution in [0.4, 0.5) is 0 Å². The Labute approximate surface area is 131 Å². The van der Waals surface area contributed by atoms with Gasteiger partial charge in [0, 0.05) is 16.8 Å². The Bertz CT molecular complexity index is 612. The molecule has 0 saturated heterocycles. The zero-order valence-corrected chi connectivity index (χ0v) is 13.5. The van der Waals surface area contributed by atoms with E-state index in [2.05, 4.69) is 24.3 Å². The first-order valence-corrected chi connectivity index (χ1v) is 8.07. The number of nitrogens with zero attached hydrogens (tertiary/aromatic N) is 2. The second-order valence-corrected chi connectivity index (χ2v) is 6.31. The standard InChI is InChI=1S/C17H22ClN3/c1-12-17(4-3-11-19-15-7-8-15)13(2)21(20-12)16-9-5-14(18)6-10-16/h5-6,9-10,15,19H,3-4,7-8,11H2,1-2H3. The van der Waals surface area contributed by atoms with Crippen molar-refractivity contribution in [2.24, 2.45) is 0 Å². The van der Waals surface area contributed by atoms with Gasteiger partial charge in [0.25, 0.3) is 0 Å². The Kier molecular flexibility index (Phi) is 4.32. The number of hydrogen-bond donors (Lipinski definition) is 1. The number of halogens is 1. The minimum absolute atomic E-state index is 0.756. The summed E-state index contributed by atoms with van der Waals surface area (Å²) in [6, 6.07) is 8.64. The summed E-state index contributed by atoms with van der Waals surface area (Å²) in [6.45, 7) is 5.36. The van der Waals surface area contributed by atoms with Crippen LogP contribution in [0, 0.1) is 13.8 Å². The van der Waals surface area contributed by atoms with Crippen molar-refractivity contribution in [2.45, 2.75) is 45.6 Å². The molecule has 0 spiro atoms. The van der Waals surface area contributed by atoms with Gasteiger partial charge in [0.05, 0.1) is 11.4 Å². The quantitative estimate of drug-likeness (QED) is 0.822. The number of nitrogens with one attached hydrogen (secondary N) is 1. The van der Waals surface area contributed by atoms with Gasteiger partial charge in [-0.15, -0.1) is 0 Å².